The molecule has 0 fully saturated rings. The van der Waals surface area contributed by atoms with E-state index < -0.39 is 4.92 Å². The summed E-state index contributed by atoms with van der Waals surface area (Å²) in [6.45, 7) is 3.84. The van der Waals surface area contributed by atoms with E-state index in [2.05, 4.69) is 15.3 Å². The number of hydrogen-bond donors (Lipinski definition) is 1. The molecule has 0 aliphatic carbocycles. The fraction of sp³-hybridized carbons (Fsp3) is 0.231. The smallest absolute Gasteiger partial charge is 0.313 e. The quantitative estimate of drug-likeness (QED) is 0.676. The summed E-state index contributed by atoms with van der Waals surface area (Å²) < 4.78 is 0. The first-order valence-corrected chi connectivity index (χ1v) is 5.79. The molecule has 0 aliphatic rings. The normalized spacial score (nSPS) is 10.3. The second kappa shape index (κ2) is 5.01. The number of rotatable bonds is 3. The van der Waals surface area contributed by atoms with Crippen molar-refractivity contribution in [2.24, 2.45) is 0 Å². The van der Waals surface area contributed by atoms with Gasteiger partial charge in [0, 0.05) is 12.6 Å². The van der Waals surface area contributed by atoms with E-state index in [0.717, 1.165) is 16.7 Å². The molecule has 2 aromatic rings. The van der Waals surface area contributed by atoms with E-state index in [1.54, 1.807) is 7.05 Å². The monoisotopic (exact) mass is 258 g/mol. The van der Waals surface area contributed by atoms with E-state index >= 15 is 0 Å². The molecule has 6 nitrogen and oxygen atoms in total. The number of nitro groups is 1. The van der Waals surface area contributed by atoms with Gasteiger partial charge in [0.2, 0.25) is 5.95 Å². The minimum atomic E-state index is -0.462. The highest BCUT2D eigenvalue weighted by Crippen LogP contribution is 2.31. The number of aryl methyl sites for hydroxylation is 2. The molecule has 1 N–H and O–H groups in total. The van der Waals surface area contributed by atoms with Crippen molar-refractivity contribution in [3.05, 3.63) is 45.6 Å². The molecular weight excluding hydrogens is 244 g/mol. The number of nitrogens with zero attached hydrogens (tertiary/aromatic N) is 3. The van der Waals surface area contributed by atoms with Crippen LogP contribution >= 0.6 is 0 Å². The average molecular weight is 258 g/mol. The van der Waals surface area contributed by atoms with Crippen molar-refractivity contribution >= 4 is 11.6 Å². The number of nitrogens with one attached hydrogen (secondary N) is 1. The van der Waals surface area contributed by atoms with Gasteiger partial charge in [0.1, 0.15) is 6.20 Å². The van der Waals surface area contributed by atoms with Crippen molar-refractivity contribution in [2.45, 2.75) is 13.8 Å². The molecule has 6 heteroatoms. The van der Waals surface area contributed by atoms with Gasteiger partial charge in [-0.15, -0.1) is 0 Å². The first kappa shape index (κ1) is 12.9. The molecule has 0 spiro atoms. The van der Waals surface area contributed by atoms with Gasteiger partial charge in [-0.25, -0.2) is 9.97 Å². The Hall–Kier alpha value is -2.50. The van der Waals surface area contributed by atoms with Crippen LogP contribution in [0.1, 0.15) is 11.1 Å². The van der Waals surface area contributed by atoms with Crippen molar-refractivity contribution < 1.29 is 4.92 Å². The Morgan fingerprint density at radius 1 is 1.32 bits per heavy atom. The zero-order valence-electron chi connectivity index (χ0n) is 11.0. The van der Waals surface area contributed by atoms with Gasteiger partial charge in [0.05, 0.1) is 4.92 Å². The fourth-order valence-corrected chi connectivity index (χ4v) is 1.82. The van der Waals surface area contributed by atoms with E-state index in [0.29, 0.717) is 11.6 Å². The summed E-state index contributed by atoms with van der Waals surface area (Å²) in [7, 11) is 1.67. The molecule has 2 rings (SSSR count). The Labute approximate surface area is 110 Å². The summed E-state index contributed by atoms with van der Waals surface area (Å²) in [6.07, 6.45) is 1.23. The van der Waals surface area contributed by atoms with Crippen LogP contribution in [0.3, 0.4) is 0 Å². The van der Waals surface area contributed by atoms with Crippen LogP contribution in [0, 0.1) is 24.0 Å². The second-order valence-corrected chi connectivity index (χ2v) is 4.25. The summed E-state index contributed by atoms with van der Waals surface area (Å²) in [5.74, 6) is 0.363. The predicted molar refractivity (Wildman–Crippen MR) is 73.1 cm³/mol. The largest absolute Gasteiger partial charge is 0.357 e. The third-order valence-electron chi connectivity index (χ3n) is 2.84. The average Bonchev–Trinajstić information content (AvgIpc) is 2.40. The van der Waals surface area contributed by atoms with Gasteiger partial charge < -0.3 is 5.32 Å². The molecule has 0 amide bonds. The van der Waals surface area contributed by atoms with Gasteiger partial charge >= 0.3 is 5.69 Å². The van der Waals surface area contributed by atoms with Gasteiger partial charge in [-0.1, -0.05) is 17.7 Å². The molecule has 1 heterocycles. The predicted octanol–water partition coefficient (Wildman–Crippen LogP) is 2.71. The molecule has 98 valence electrons. The Morgan fingerprint density at radius 2 is 2.05 bits per heavy atom. The molecule has 0 radical (unpaired) electrons. The van der Waals surface area contributed by atoms with Gasteiger partial charge in [-0.2, -0.15) is 0 Å². The standard InChI is InChI=1S/C13H14N4O2/c1-8-4-5-9(2)10(6-8)12-11(17(18)19)7-15-13(14-3)16-12/h4-7H,1-3H3,(H,14,15,16). The van der Waals surface area contributed by atoms with Crippen molar-refractivity contribution in [3.63, 3.8) is 0 Å². The van der Waals surface area contributed by atoms with Crippen LogP contribution in [-0.4, -0.2) is 21.9 Å². The lowest BCUT2D eigenvalue weighted by molar-refractivity contribution is -0.384. The Bertz CT molecular complexity index is 641. The lowest BCUT2D eigenvalue weighted by atomic mass is 10.0. The van der Waals surface area contributed by atoms with E-state index in [9.17, 15) is 10.1 Å². The van der Waals surface area contributed by atoms with Crippen LogP contribution < -0.4 is 5.32 Å². The number of anilines is 1. The summed E-state index contributed by atoms with van der Waals surface area (Å²) in [6, 6.07) is 5.78. The van der Waals surface area contributed by atoms with Crippen LogP contribution in [0.5, 0.6) is 0 Å². The van der Waals surface area contributed by atoms with Crippen LogP contribution in [0.25, 0.3) is 11.3 Å². The molecule has 0 saturated heterocycles. The first-order chi connectivity index (χ1) is 9.02. The maximum absolute atomic E-state index is 11.1. The van der Waals surface area contributed by atoms with Gasteiger partial charge in [-0.3, -0.25) is 10.1 Å². The zero-order chi connectivity index (χ0) is 14.0. The molecular formula is C13H14N4O2. The molecule has 19 heavy (non-hydrogen) atoms. The number of hydrogen-bond acceptors (Lipinski definition) is 5. The van der Waals surface area contributed by atoms with E-state index in [4.69, 9.17) is 0 Å². The highest BCUT2D eigenvalue weighted by atomic mass is 16.6. The SMILES string of the molecule is CNc1ncc([N+](=O)[O-])c(-c2cc(C)ccc2C)n1. The van der Waals surface area contributed by atoms with Gasteiger partial charge in [-0.05, 0) is 25.5 Å². The fourth-order valence-electron chi connectivity index (χ4n) is 1.82. The molecule has 0 bridgehead atoms. The summed E-state index contributed by atoms with van der Waals surface area (Å²) in [4.78, 5) is 18.7. The minimum Gasteiger partial charge on any atom is -0.357 e. The summed E-state index contributed by atoms with van der Waals surface area (Å²) in [5.41, 5.74) is 2.97. The lowest BCUT2D eigenvalue weighted by Gasteiger charge is -2.08. The third kappa shape index (κ3) is 2.52. The molecule has 1 aromatic carbocycles. The Kier molecular flexibility index (Phi) is 3.41. The molecule has 0 saturated carbocycles. The second-order valence-electron chi connectivity index (χ2n) is 4.25. The summed E-state index contributed by atoms with van der Waals surface area (Å²) >= 11 is 0. The Morgan fingerprint density at radius 3 is 2.68 bits per heavy atom. The lowest BCUT2D eigenvalue weighted by Crippen LogP contribution is -2.02. The van der Waals surface area contributed by atoms with Crippen LogP contribution in [-0.2, 0) is 0 Å². The van der Waals surface area contributed by atoms with E-state index in [1.807, 2.05) is 32.0 Å². The maximum Gasteiger partial charge on any atom is 0.313 e. The van der Waals surface area contributed by atoms with E-state index in [-0.39, 0.29) is 5.69 Å². The Balaban J connectivity index is 2.71. The van der Waals surface area contributed by atoms with Crippen LogP contribution in [0.4, 0.5) is 11.6 Å². The highest BCUT2D eigenvalue weighted by molar-refractivity contribution is 5.73. The maximum atomic E-state index is 11.1. The van der Waals surface area contributed by atoms with Crippen molar-refractivity contribution in [2.75, 3.05) is 12.4 Å². The molecule has 0 aliphatic heterocycles. The van der Waals surface area contributed by atoms with E-state index in [1.165, 1.54) is 6.20 Å². The highest BCUT2D eigenvalue weighted by Gasteiger charge is 2.20. The summed E-state index contributed by atoms with van der Waals surface area (Å²) in [5, 5.41) is 13.9. The topological polar surface area (TPSA) is 81.0 Å². The zero-order valence-corrected chi connectivity index (χ0v) is 11.0. The number of benzene rings is 1. The molecule has 0 unspecified atom stereocenters. The van der Waals surface area contributed by atoms with Crippen LogP contribution in [0.15, 0.2) is 24.4 Å². The minimum absolute atomic E-state index is 0.0901. The van der Waals surface area contributed by atoms with Crippen molar-refractivity contribution in [1.82, 2.24) is 9.97 Å². The van der Waals surface area contributed by atoms with Gasteiger partial charge in [0.25, 0.3) is 0 Å². The third-order valence-corrected chi connectivity index (χ3v) is 2.84. The molecule has 0 atom stereocenters. The molecule has 1 aromatic heterocycles. The van der Waals surface area contributed by atoms with Gasteiger partial charge in [0.15, 0.2) is 5.69 Å². The van der Waals surface area contributed by atoms with Crippen LogP contribution in [0.2, 0.25) is 0 Å². The number of aromatic nitrogens is 2. The first-order valence-electron chi connectivity index (χ1n) is 5.79. The van der Waals surface area contributed by atoms with Crippen molar-refractivity contribution in [1.29, 1.82) is 0 Å². The van der Waals surface area contributed by atoms with Crippen molar-refractivity contribution in [3.8, 4) is 11.3 Å².